The molecule has 1 N–H and O–H groups in total. The van der Waals surface area contributed by atoms with E-state index >= 15 is 0 Å². The standard InChI is InChI=1S/C15H18F2N2O2S/c1-3-15(16,17)6-7-21-12-5-4-10(2)8-11(12)19-13(20)9-22-14(19)18/h4-5,8,18H,3,6-7,9H2,1-2H3. The number of hydrogen-bond acceptors (Lipinski definition) is 4. The number of benzene rings is 1. The molecule has 4 nitrogen and oxygen atoms in total. The van der Waals surface area contributed by atoms with Crippen LogP contribution in [0.4, 0.5) is 14.5 Å². The van der Waals surface area contributed by atoms with E-state index in [9.17, 15) is 13.6 Å². The number of nitrogens with one attached hydrogen (secondary N) is 1. The van der Waals surface area contributed by atoms with Gasteiger partial charge in [0.15, 0.2) is 5.17 Å². The van der Waals surface area contributed by atoms with Crippen LogP contribution in [0.5, 0.6) is 5.75 Å². The SMILES string of the molecule is CCC(F)(F)CCOc1ccc(C)cc1N1C(=N)SCC1=O. The highest BCUT2D eigenvalue weighted by molar-refractivity contribution is 8.15. The third-order valence-electron chi connectivity index (χ3n) is 3.38. The van der Waals surface area contributed by atoms with Crippen LogP contribution in [0.1, 0.15) is 25.3 Å². The fourth-order valence-electron chi connectivity index (χ4n) is 2.03. The maximum Gasteiger partial charge on any atom is 0.251 e. The molecule has 22 heavy (non-hydrogen) atoms. The van der Waals surface area contributed by atoms with Gasteiger partial charge < -0.3 is 4.74 Å². The first-order valence-electron chi connectivity index (χ1n) is 6.99. The number of aryl methyl sites for hydroxylation is 1. The van der Waals surface area contributed by atoms with Gasteiger partial charge in [0.05, 0.1) is 18.0 Å². The molecule has 0 aromatic heterocycles. The number of amidine groups is 1. The van der Waals surface area contributed by atoms with Gasteiger partial charge in [-0.25, -0.2) is 8.78 Å². The average Bonchev–Trinajstić information content (AvgIpc) is 2.79. The number of hydrogen-bond donors (Lipinski definition) is 1. The molecule has 0 radical (unpaired) electrons. The van der Waals surface area contributed by atoms with Gasteiger partial charge in [0.25, 0.3) is 5.92 Å². The highest BCUT2D eigenvalue weighted by atomic mass is 32.2. The van der Waals surface area contributed by atoms with Gasteiger partial charge in [0.1, 0.15) is 5.75 Å². The Morgan fingerprint density at radius 3 is 2.77 bits per heavy atom. The summed E-state index contributed by atoms with van der Waals surface area (Å²) in [6.45, 7) is 3.15. The number of alkyl halides is 2. The Morgan fingerprint density at radius 1 is 1.45 bits per heavy atom. The zero-order valence-corrected chi connectivity index (χ0v) is 13.3. The number of nitrogens with zero attached hydrogens (tertiary/aromatic N) is 1. The third kappa shape index (κ3) is 3.76. The summed E-state index contributed by atoms with van der Waals surface area (Å²) in [5.74, 6) is -2.40. The molecule has 7 heteroatoms. The molecule has 0 spiro atoms. The summed E-state index contributed by atoms with van der Waals surface area (Å²) in [5.41, 5.74) is 1.35. The van der Waals surface area contributed by atoms with Crippen LogP contribution >= 0.6 is 11.8 Å². The second-order valence-corrected chi connectivity index (χ2v) is 6.07. The van der Waals surface area contributed by atoms with E-state index < -0.39 is 5.92 Å². The van der Waals surface area contributed by atoms with Crippen LogP contribution < -0.4 is 9.64 Å². The maximum absolute atomic E-state index is 13.3. The van der Waals surface area contributed by atoms with Crippen molar-refractivity contribution in [2.24, 2.45) is 0 Å². The largest absolute Gasteiger partial charge is 0.491 e. The number of thioether (sulfide) groups is 1. The van der Waals surface area contributed by atoms with Crippen LogP contribution in [0.3, 0.4) is 0 Å². The minimum Gasteiger partial charge on any atom is -0.491 e. The number of carbonyl (C=O) groups is 1. The van der Waals surface area contributed by atoms with Crippen LogP contribution in [0.25, 0.3) is 0 Å². The van der Waals surface area contributed by atoms with Crippen molar-refractivity contribution >= 4 is 28.5 Å². The molecular weight excluding hydrogens is 310 g/mol. The Bertz CT molecular complexity index is 577. The van der Waals surface area contributed by atoms with E-state index in [1.807, 2.05) is 6.92 Å². The van der Waals surface area contributed by atoms with Crippen molar-refractivity contribution < 1.29 is 18.3 Å². The van der Waals surface area contributed by atoms with Crippen molar-refractivity contribution in [1.82, 2.24) is 0 Å². The summed E-state index contributed by atoms with van der Waals surface area (Å²) in [4.78, 5) is 13.2. The van der Waals surface area contributed by atoms with E-state index in [1.165, 1.54) is 11.8 Å². The van der Waals surface area contributed by atoms with Gasteiger partial charge in [0, 0.05) is 12.8 Å². The smallest absolute Gasteiger partial charge is 0.251 e. The molecule has 1 saturated heterocycles. The molecule has 0 aliphatic carbocycles. The lowest BCUT2D eigenvalue weighted by atomic mass is 10.2. The number of rotatable bonds is 6. The lowest BCUT2D eigenvalue weighted by Crippen LogP contribution is -2.29. The number of halogens is 2. The molecule has 1 fully saturated rings. The lowest BCUT2D eigenvalue weighted by molar-refractivity contribution is -0.115. The van der Waals surface area contributed by atoms with Crippen molar-refractivity contribution in [2.45, 2.75) is 32.6 Å². The molecule has 1 heterocycles. The van der Waals surface area contributed by atoms with Crippen LogP contribution in [0.15, 0.2) is 18.2 Å². The fourth-order valence-corrected chi connectivity index (χ4v) is 2.75. The molecule has 1 aliphatic heterocycles. The van der Waals surface area contributed by atoms with E-state index in [0.29, 0.717) is 11.4 Å². The van der Waals surface area contributed by atoms with Gasteiger partial charge in [0.2, 0.25) is 5.91 Å². The first-order valence-corrected chi connectivity index (χ1v) is 7.98. The zero-order valence-electron chi connectivity index (χ0n) is 12.5. The molecule has 1 aromatic rings. The Kier molecular flexibility index (Phi) is 5.05. The van der Waals surface area contributed by atoms with Crippen molar-refractivity contribution in [2.75, 3.05) is 17.3 Å². The normalized spacial score (nSPS) is 15.5. The first-order chi connectivity index (χ1) is 10.3. The second kappa shape index (κ2) is 6.64. The molecule has 0 bridgehead atoms. The highest BCUT2D eigenvalue weighted by Gasteiger charge is 2.31. The second-order valence-electron chi connectivity index (χ2n) is 5.10. The molecule has 2 rings (SSSR count). The van der Waals surface area contributed by atoms with E-state index in [-0.39, 0.29) is 36.3 Å². The highest BCUT2D eigenvalue weighted by Crippen LogP contribution is 2.35. The Morgan fingerprint density at radius 2 is 2.18 bits per heavy atom. The maximum atomic E-state index is 13.3. The summed E-state index contributed by atoms with van der Waals surface area (Å²) in [6.07, 6.45) is -0.611. The van der Waals surface area contributed by atoms with Crippen molar-refractivity contribution in [3.8, 4) is 5.75 Å². The molecule has 1 aliphatic rings. The van der Waals surface area contributed by atoms with Crippen LogP contribution in [0.2, 0.25) is 0 Å². The zero-order chi connectivity index (χ0) is 16.3. The van der Waals surface area contributed by atoms with Gasteiger partial charge in [-0.1, -0.05) is 24.8 Å². The summed E-state index contributed by atoms with van der Waals surface area (Å²) in [5, 5.41) is 7.96. The van der Waals surface area contributed by atoms with Gasteiger partial charge in [-0.15, -0.1) is 0 Å². The van der Waals surface area contributed by atoms with Gasteiger partial charge in [-0.05, 0) is 24.6 Å². The fraction of sp³-hybridized carbons (Fsp3) is 0.467. The average molecular weight is 328 g/mol. The van der Waals surface area contributed by atoms with Crippen molar-refractivity contribution in [3.05, 3.63) is 23.8 Å². The predicted octanol–water partition coefficient (Wildman–Crippen LogP) is 3.82. The summed E-state index contributed by atoms with van der Waals surface area (Å²) in [6, 6.07) is 5.16. The molecule has 0 unspecified atom stereocenters. The summed E-state index contributed by atoms with van der Waals surface area (Å²) >= 11 is 1.14. The number of amides is 1. The minimum atomic E-state index is -2.75. The number of ether oxygens (including phenoxy) is 1. The molecule has 0 atom stereocenters. The Labute approximate surface area is 132 Å². The van der Waals surface area contributed by atoms with Crippen LogP contribution in [0, 0.1) is 12.3 Å². The van der Waals surface area contributed by atoms with Gasteiger partial charge in [-0.3, -0.25) is 15.1 Å². The lowest BCUT2D eigenvalue weighted by Gasteiger charge is -2.21. The van der Waals surface area contributed by atoms with Crippen molar-refractivity contribution in [3.63, 3.8) is 0 Å². The van der Waals surface area contributed by atoms with Gasteiger partial charge >= 0.3 is 0 Å². The third-order valence-corrected chi connectivity index (χ3v) is 4.23. The van der Waals surface area contributed by atoms with Crippen molar-refractivity contribution in [1.29, 1.82) is 5.41 Å². The van der Waals surface area contributed by atoms with E-state index in [1.54, 1.807) is 18.2 Å². The monoisotopic (exact) mass is 328 g/mol. The summed E-state index contributed by atoms with van der Waals surface area (Å²) < 4.78 is 32.0. The quantitative estimate of drug-likeness (QED) is 0.863. The molecule has 1 aromatic carbocycles. The first kappa shape index (κ1) is 16.7. The number of carbonyl (C=O) groups excluding carboxylic acids is 1. The summed E-state index contributed by atoms with van der Waals surface area (Å²) in [7, 11) is 0. The molecule has 120 valence electrons. The topological polar surface area (TPSA) is 53.4 Å². The number of anilines is 1. The van der Waals surface area contributed by atoms with E-state index in [2.05, 4.69) is 0 Å². The van der Waals surface area contributed by atoms with Crippen LogP contribution in [-0.2, 0) is 4.79 Å². The van der Waals surface area contributed by atoms with E-state index in [4.69, 9.17) is 10.1 Å². The minimum absolute atomic E-state index is 0.124. The van der Waals surface area contributed by atoms with Crippen LogP contribution in [-0.4, -0.2) is 29.4 Å². The molecule has 0 saturated carbocycles. The predicted molar refractivity (Wildman–Crippen MR) is 84.2 cm³/mol. The Hall–Kier alpha value is -1.63. The molecular formula is C15H18F2N2O2S. The molecule has 1 amide bonds. The van der Waals surface area contributed by atoms with E-state index in [0.717, 1.165) is 17.3 Å². The van der Waals surface area contributed by atoms with Gasteiger partial charge in [-0.2, -0.15) is 0 Å². The Balaban J connectivity index is 2.18.